The molecule has 2 heterocycles. The second kappa shape index (κ2) is 5.98. The van der Waals surface area contributed by atoms with E-state index in [4.69, 9.17) is 19.0 Å². The van der Waals surface area contributed by atoms with Crippen LogP contribution in [0.5, 0.6) is 11.5 Å². The van der Waals surface area contributed by atoms with E-state index in [9.17, 15) is 8.42 Å². The van der Waals surface area contributed by atoms with Crippen molar-refractivity contribution in [3.63, 3.8) is 0 Å². The number of nitrogens with one attached hydrogen (secondary N) is 1. The summed E-state index contributed by atoms with van der Waals surface area (Å²) in [6.07, 6.45) is 1.37. The van der Waals surface area contributed by atoms with E-state index in [2.05, 4.69) is 14.7 Å². The molecule has 10 heteroatoms. The van der Waals surface area contributed by atoms with E-state index in [0.29, 0.717) is 33.9 Å². The van der Waals surface area contributed by atoms with Crippen LogP contribution in [0.2, 0.25) is 0 Å². The standard InChI is InChI=1S/C14H14N4O5S/c1-21-11-5-8-9(6-12(11)22-2)16-7-17-14(8)10-3-4-13(23-10)18-24(15,19)20/h3-7,18H,1-2H3,(H2,15,19,20). The molecule has 0 aliphatic rings. The van der Waals surface area contributed by atoms with Gasteiger partial charge in [-0.05, 0) is 12.1 Å². The predicted molar refractivity (Wildman–Crippen MR) is 87.1 cm³/mol. The fourth-order valence-corrected chi connectivity index (χ4v) is 2.63. The van der Waals surface area contributed by atoms with E-state index < -0.39 is 10.2 Å². The van der Waals surface area contributed by atoms with Crippen LogP contribution in [0.25, 0.3) is 22.4 Å². The van der Waals surface area contributed by atoms with Crippen molar-refractivity contribution in [1.29, 1.82) is 0 Å². The SMILES string of the molecule is COc1cc2ncnc(-c3ccc(NS(N)(=O)=O)o3)c2cc1OC. The third-order valence-corrected chi connectivity index (χ3v) is 3.71. The van der Waals surface area contributed by atoms with Crippen molar-refractivity contribution in [3.05, 3.63) is 30.6 Å². The third kappa shape index (κ3) is 3.09. The highest BCUT2D eigenvalue weighted by Crippen LogP contribution is 2.36. The fraction of sp³-hybridized carbons (Fsp3) is 0.143. The van der Waals surface area contributed by atoms with Crippen LogP contribution in [0.15, 0.2) is 35.0 Å². The number of aromatic nitrogens is 2. The van der Waals surface area contributed by atoms with Crippen LogP contribution in [0.4, 0.5) is 5.88 Å². The Bertz CT molecular complexity index is 1000. The van der Waals surface area contributed by atoms with Gasteiger partial charge in [-0.2, -0.15) is 8.42 Å². The number of anilines is 1. The second-order valence-corrected chi connectivity index (χ2v) is 6.05. The summed E-state index contributed by atoms with van der Waals surface area (Å²) in [5, 5.41) is 5.58. The van der Waals surface area contributed by atoms with Crippen LogP contribution in [0, 0.1) is 0 Å². The molecule has 0 saturated carbocycles. The Morgan fingerprint density at radius 3 is 2.50 bits per heavy atom. The van der Waals surface area contributed by atoms with Gasteiger partial charge in [0.1, 0.15) is 12.0 Å². The number of ether oxygens (including phenoxy) is 2. The molecular formula is C14H14N4O5S. The highest BCUT2D eigenvalue weighted by atomic mass is 32.2. The Kier molecular flexibility index (Phi) is 3.99. The number of rotatable bonds is 5. The molecule has 0 spiro atoms. The monoisotopic (exact) mass is 350 g/mol. The van der Waals surface area contributed by atoms with Gasteiger partial charge in [-0.15, -0.1) is 0 Å². The van der Waals surface area contributed by atoms with Crippen LogP contribution < -0.4 is 19.3 Å². The van der Waals surface area contributed by atoms with Crippen LogP contribution in [0.1, 0.15) is 0 Å². The molecule has 0 saturated heterocycles. The number of nitrogens with zero attached hydrogens (tertiary/aromatic N) is 2. The minimum Gasteiger partial charge on any atom is -0.493 e. The molecule has 3 N–H and O–H groups in total. The summed E-state index contributed by atoms with van der Waals surface area (Å²) in [7, 11) is -0.868. The molecule has 0 unspecified atom stereocenters. The summed E-state index contributed by atoms with van der Waals surface area (Å²) in [6.45, 7) is 0. The molecule has 126 valence electrons. The molecular weight excluding hydrogens is 336 g/mol. The molecule has 3 aromatic rings. The first-order valence-corrected chi connectivity index (χ1v) is 8.23. The lowest BCUT2D eigenvalue weighted by Gasteiger charge is -2.10. The van der Waals surface area contributed by atoms with E-state index in [-0.39, 0.29) is 5.88 Å². The van der Waals surface area contributed by atoms with Crippen LogP contribution >= 0.6 is 0 Å². The van der Waals surface area contributed by atoms with Gasteiger partial charge in [-0.25, -0.2) is 19.8 Å². The van der Waals surface area contributed by atoms with Crippen molar-refractivity contribution < 1.29 is 22.3 Å². The minimum atomic E-state index is -3.92. The molecule has 0 aliphatic heterocycles. The van der Waals surface area contributed by atoms with Crippen LogP contribution in [0.3, 0.4) is 0 Å². The lowest BCUT2D eigenvalue weighted by molar-refractivity contribution is 0.356. The highest BCUT2D eigenvalue weighted by molar-refractivity contribution is 7.90. The average Bonchev–Trinajstić information content (AvgIpc) is 2.99. The van der Waals surface area contributed by atoms with Crippen molar-refractivity contribution in [1.82, 2.24) is 9.97 Å². The molecule has 24 heavy (non-hydrogen) atoms. The van der Waals surface area contributed by atoms with E-state index in [1.165, 1.54) is 26.6 Å². The zero-order valence-electron chi connectivity index (χ0n) is 12.8. The zero-order valence-corrected chi connectivity index (χ0v) is 13.6. The van der Waals surface area contributed by atoms with Crippen molar-refractivity contribution in [2.75, 3.05) is 18.9 Å². The van der Waals surface area contributed by atoms with E-state index >= 15 is 0 Å². The molecule has 9 nitrogen and oxygen atoms in total. The number of methoxy groups -OCH3 is 2. The summed E-state index contributed by atoms with van der Waals surface area (Å²) in [5.41, 5.74) is 1.10. The first-order valence-electron chi connectivity index (χ1n) is 6.69. The topological polar surface area (TPSA) is 130 Å². The maximum Gasteiger partial charge on any atom is 0.298 e. The highest BCUT2D eigenvalue weighted by Gasteiger charge is 2.15. The molecule has 3 rings (SSSR count). The van der Waals surface area contributed by atoms with Gasteiger partial charge >= 0.3 is 0 Å². The van der Waals surface area contributed by atoms with E-state index in [1.54, 1.807) is 18.2 Å². The maximum absolute atomic E-state index is 11.1. The molecule has 1 aromatic carbocycles. The fourth-order valence-electron chi connectivity index (χ4n) is 2.24. The molecule has 2 aromatic heterocycles. The number of hydrogen-bond acceptors (Lipinski definition) is 7. The molecule has 0 radical (unpaired) electrons. The van der Waals surface area contributed by atoms with Gasteiger partial charge in [0.25, 0.3) is 10.2 Å². The van der Waals surface area contributed by atoms with Gasteiger partial charge in [-0.1, -0.05) is 0 Å². The lowest BCUT2D eigenvalue weighted by atomic mass is 10.1. The van der Waals surface area contributed by atoms with Crippen LogP contribution in [-0.2, 0) is 10.2 Å². The third-order valence-electron chi connectivity index (χ3n) is 3.22. The van der Waals surface area contributed by atoms with E-state index in [0.717, 1.165) is 0 Å². The second-order valence-electron chi connectivity index (χ2n) is 4.76. The first-order chi connectivity index (χ1) is 11.4. The van der Waals surface area contributed by atoms with Gasteiger partial charge in [0.2, 0.25) is 5.88 Å². The Morgan fingerprint density at radius 1 is 1.12 bits per heavy atom. The first kappa shape index (κ1) is 16.0. The van der Waals surface area contributed by atoms with Gasteiger partial charge in [0.05, 0.1) is 19.7 Å². The Labute approximate surface area is 137 Å². The average molecular weight is 350 g/mol. The number of benzene rings is 1. The molecule has 0 aliphatic carbocycles. The molecule has 0 amide bonds. The number of furan rings is 1. The summed E-state index contributed by atoms with van der Waals surface area (Å²) < 4.78 is 40.2. The van der Waals surface area contributed by atoms with Crippen molar-refractivity contribution in [2.45, 2.75) is 0 Å². The van der Waals surface area contributed by atoms with Gasteiger partial charge in [0, 0.05) is 17.5 Å². The van der Waals surface area contributed by atoms with Gasteiger partial charge in [0.15, 0.2) is 17.3 Å². The summed E-state index contributed by atoms with van der Waals surface area (Å²) in [5.74, 6) is 1.38. The molecule has 0 fully saturated rings. The Morgan fingerprint density at radius 2 is 1.83 bits per heavy atom. The quantitative estimate of drug-likeness (QED) is 0.713. The lowest BCUT2D eigenvalue weighted by Crippen LogP contribution is -2.21. The minimum absolute atomic E-state index is 0.0141. The smallest absolute Gasteiger partial charge is 0.298 e. The number of fused-ring (bicyclic) bond motifs is 1. The number of hydrogen-bond donors (Lipinski definition) is 2. The van der Waals surface area contributed by atoms with Gasteiger partial charge in [-0.3, -0.25) is 0 Å². The van der Waals surface area contributed by atoms with Crippen molar-refractivity contribution in [3.8, 4) is 23.0 Å². The van der Waals surface area contributed by atoms with E-state index in [1.807, 2.05) is 0 Å². The molecule has 0 atom stereocenters. The number of nitrogens with two attached hydrogens (primary N) is 1. The van der Waals surface area contributed by atoms with Crippen molar-refractivity contribution >= 4 is 27.0 Å². The Hall–Kier alpha value is -2.85. The summed E-state index contributed by atoms with van der Waals surface area (Å²) in [4.78, 5) is 8.41. The zero-order chi connectivity index (χ0) is 17.3. The predicted octanol–water partition coefficient (Wildman–Crippen LogP) is 1.52. The largest absolute Gasteiger partial charge is 0.493 e. The van der Waals surface area contributed by atoms with Crippen molar-refractivity contribution in [2.24, 2.45) is 5.14 Å². The molecule has 0 bridgehead atoms. The summed E-state index contributed by atoms with van der Waals surface area (Å²) >= 11 is 0. The Balaban J connectivity index is 2.13. The van der Waals surface area contributed by atoms with Gasteiger partial charge < -0.3 is 13.9 Å². The summed E-state index contributed by atoms with van der Waals surface area (Å²) in [6, 6.07) is 6.45. The van der Waals surface area contributed by atoms with Crippen LogP contribution in [-0.4, -0.2) is 32.6 Å². The normalized spacial score (nSPS) is 11.5. The maximum atomic E-state index is 11.1.